The van der Waals surface area contributed by atoms with Gasteiger partial charge in [-0.15, -0.1) is 0 Å². The highest BCUT2D eigenvalue weighted by Crippen LogP contribution is 2.24. The van der Waals surface area contributed by atoms with Gasteiger partial charge < -0.3 is 5.73 Å². The molecule has 0 bridgehead atoms. The van der Waals surface area contributed by atoms with Crippen LogP contribution in [0.2, 0.25) is 0 Å². The molecule has 2 fully saturated rings. The van der Waals surface area contributed by atoms with Crippen LogP contribution in [0.5, 0.6) is 0 Å². The molecular weight excluding hydrogens is 218 g/mol. The van der Waals surface area contributed by atoms with E-state index in [4.69, 9.17) is 5.73 Å². The summed E-state index contributed by atoms with van der Waals surface area (Å²) in [4.78, 5) is 26.8. The number of nitrogens with one attached hydrogen (secondary N) is 1. The summed E-state index contributed by atoms with van der Waals surface area (Å²) in [6.07, 6.45) is 6.63. The third-order valence-electron chi connectivity index (χ3n) is 3.54. The lowest BCUT2D eigenvalue weighted by atomic mass is 9.88. The van der Waals surface area contributed by atoms with Gasteiger partial charge in [0, 0.05) is 12.3 Å². The molecule has 1 aliphatic carbocycles. The summed E-state index contributed by atoms with van der Waals surface area (Å²) in [5.41, 5.74) is 5.96. The second kappa shape index (κ2) is 5.29. The fourth-order valence-corrected chi connectivity index (χ4v) is 2.49. The maximum atomic E-state index is 11.5. The summed E-state index contributed by atoms with van der Waals surface area (Å²) < 4.78 is 0. The Balaban J connectivity index is 1.97. The first kappa shape index (κ1) is 12.1. The number of amides is 2. The number of hydrogen-bond donors (Lipinski definition) is 2. The first-order valence-corrected chi connectivity index (χ1v) is 6.33. The number of hydrogen-bond acceptors (Lipinski definition) is 3. The summed E-state index contributed by atoms with van der Waals surface area (Å²) in [5.74, 6) is 0.408. The summed E-state index contributed by atoms with van der Waals surface area (Å²) in [7, 11) is 0. The molecule has 1 aliphatic heterocycles. The monoisotopic (exact) mass is 237 g/mol. The van der Waals surface area contributed by atoms with Crippen LogP contribution in [0.15, 0.2) is 4.99 Å². The maximum Gasteiger partial charge on any atom is 0.251 e. The lowest BCUT2D eigenvalue weighted by Gasteiger charge is -2.23. The average molecular weight is 237 g/mol. The van der Waals surface area contributed by atoms with Crippen LogP contribution in [0.3, 0.4) is 0 Å². The van der Waals surface area contributed by atoms with E-state index in [1.165, 1.54) is 19.3 Å². The SMILES string of the molecule is NC(=NC1CCC(=O)NC1=O)C1CCCCC1. The van der Waals surface area contributed by atoms with Crippen molar-refractivity contribution in [1.82, 2.24) is 5.32 Å². The number of amidine groups is 1. The molecule has 94 valence electrons. The number of piperidine rings is 1. The van der Waals surface area contributed by atoms with E-state index in [0.29, 0.717) is 24.6 Å². The first-order chi connectivity index (χ1) is 8.16. The molecule has 1 unspecified atom stereocenters. The van der Waals surface area contributed by atoms with Crippen molar-refractivity contribution in [3.05, 3.63) is 0 Å². The highest BCUT2D eigenvalue weighted by molar-refractivity contribution is 6.01. The molecule has 5 nitrogen and oxygen atoms in total. The number of imide groups is 1. The van der Waals surface area contributed by atoms with Crippen LogP contribution in [0, 0.1) is 5.92 Å². The molecule has 0 aromatic heterocycles. The van der Waals surface area contributed by atoms with Gasteiger partial charge in [0.2, 0.25) is 5.91 Å². The minimum absolute atomic E-state index is 0.210. The van der Waals surface area contributed by atoms with Gasteiger partial charge in [-0.2, -0.15) is 0 Å². The topological polar surface area (TPSA) is 84.5 Å². The quantitative estimate of drug-likeness (QED) is 0.422. The van der Waals surface area contributed by atoms with Crippen molar-refractivity contribution in [3.8, 4) is 0 Å². The van der Waals surface area contributed by atoms with Gasteiger partial charge in [-0.1, -0.05) is 19.3 Å². The molecule has 5 heteroatoms. The van der Waals surface area contributed by atoms with Crippen molar-refractivity contribution in [2.24, 2.45) is 16.6 Å². The van der Waals surface area contributed by atoms with Gasteiger partial charge in [-0.25, -0.2) is 0 Å². The Labute approximate surface area is 101 Å². The summed E-state index contributed by atoms with van der Waals surface area (Å²) >= 11 is 0. The molecule has 2 amide bonds. The highest BCUT2D eigenvalue weighted by atomic mass is 16.2. The molecule has 1 heterocycles. The second-order valence-corrected chi connectivity index (χ2v) is 4.86. The Kier molecular flexibility index (Phi) is 3.76. The summed E-state index contributed by atoms with van der Waals surface area (Å²) in [6, 6.07) is -0.463. The zero-order valence-electron chi connectivity index (χ0n) is 9.95. The normalized spacial score (nSPS) is 28.0. The molecule has 2 rings (SSSR count). The highest BCUT2D eigenvalue weighted by Gasteiger charge is 2.27. The minimum Gasteiger partial charge on any atom is -0.387 e. The molecule has 0 spiro atoms. The fourth-order valence-electron chi connectivity index (χ4n) is 2.49. The van der Waals surface area contributed by atoms with Crippen LogP contribution in [-0.2, 0) is 9.59 Å². The number of carbonyl (C=O) groups is 2. The van der Waals surface area contributed by atoms with Gasteiger partial charge in [-0.05, 0) is 19.3 Å². The Hall–Kier alpha value is -1.39. The molecule has 17 heavy (non-hydrogen) atoms. The molecule has 3 N–H and O–H groups in total. The van der Waals surface area contributed by atoms with Gasteiger partial charge in [0.1, 0.15) is 6.04 Å². The van der Waals surface area contributed by atoms with Gasteiger partial charge in [-0.3, -0.25) is 19.9 Å². The van der Waals surface area contributed by atoms with E-state index in [1.807, 2.05) is 0 Å². The van der Waals surface area contributed by atoms with Crippen molar-refractivity contribution in [1.29, 1.82) is 0 Å². The first-order valence-electron chi connectivity index (χ1n) is 6.33. The molecule has 1 atom stereocenters. The van der Waals surface area contributed by atoms with E-state index >= 15 is 0 Å². The van der Waals surface area contributed by atoms with Crippen molar-refractivity contribution >= 4 is 17.6 Å². The largest absolute Gasteiger partial charge is 0.387 e. The maximum absolute atomic E-state index is 11.5. The molecular formula is C12H19N3O2. The Bertz CT molecular complexity index is 346. The van der Waals surface area contributed by atoms with Crippen LogP contribution < -0.4 is 11.1 Å². The van der Waals surface area contributed by atoms with Crippen LogP contribution in [-0.4, -0.2) is 23.7 Å². The van der Waals surface area contributed by atoms with Gasteiger partial charge >= 0.3 is 0 Å². The number of carbonyl (C=O) groups excluding carboxylic acids is 2. The van der Waals surface area contributed by atoms with Crippen molar-refractivity contribution < 1.29 is 9.59 Å². The van der Waals surface area contributed by atoms with E-state index in [1.54, 1.807) is 0 Å². The Morgan fingerprint density at radius 2 is 1.88 bits per heavy atom. The smallest absolute Gasteiger partial charge is 0.251 e. The van der Waals surface area contributed by atoms with E-state index in [2.05, 4.69) is 10.3 Å². The zero-order chi connectivity index (χ0) is 12.3. The lowest BCUT2D eigenvalue weighted by molar-refractivity contribution is -0.133. The zero-order valence-corrected chi connectivity index (χ0v) is 9.95. The lowest BCUT2D eigenvalue weighted by Crippen LogP contribution is -2.44. The third kappa shape index (κ3) is 3.05. The minimum atomic E-state index is -0.463. The predicted octanol–water partition coefficient (Wildman–Crippen LogP) is 0.729. The van der Waals surface area contributed by atoms with Crippen LogP contribution in [0.25, 0.3) is 0 Å². The molecule has 1 saturated carbocycles. The van der Waals surface area contributed by atoms with Crippen molar-refractivity contribution in [2.45, 2.75) is 51.0 Å². The van der Waals surface area contributed by atoms with E-state index < -0.39 is 6.04 Å². The average Bonchev–Trinajstić information content (AvgIpc) is 2.34. The van der Waals surface area contributed by atoms with Crippen LogP contribution >= 0.6 is 0 Å². The summed E-state index contributed by atoms with van der Waals surface area (Å²) in [6.45, 7) is 0. The third-order valence-corrected chi connectivity index (χ3v) is 3.54. The van der Waals surface area contributed by atoms with Gasteiger partial charge in [0.15, 0.2) is 0 Å². The van der Waals surface area contributed by atoms with Crippen molar-refractivity contribution in [3.63, 3.8) is 0 Å². The van der Waals surface area contributed by atoms with E-state index in [9.17, 15) is 9.59 Å². The molecule has 0 aromatic rings. The summed E-state index contributed by atoms with van der Waals surface area (Å²) in [5, 5.41) is 2.30. The standard InChI is InChI=1S/C12H19N3O2/c13-11(8-4-2-1-3-5-8)14-9-6-7-10(16)15-12(9)17/h8-9H,1-7H2,(H2,13,14)(H,15,16,17). The molecule has 1 saturated heterocycles. The molecule has 0 aromatic carbocycles. The molecule has 0 radical (unpaired) electrons. The van der Waals surface area contributed by atoms with Crippen LogP contribution in [0.4, 0.5) is 0 Å². The van der Waals surface area contributed by atoms with Gasteiger partial charge in [0.25, 0.3) is 5.91 Å². The fraction of sp³-hybridized carbons (Fsp3) is 0.750. The van der Waals surface area contributed by atoms with Gasteiger partial charge in [0.05, 0.1) is 5.84 Å². The van der Waals surface area contributed by atoms with Crippen molar-refractivity contribution in [2.75, 3.05) is 0 Å². The Morgan fingerprint density at radius 1 is 1.18 bits per heavy atom. The number of rotatable bonds is 2. The predicted molar refractivity (Wildman–Crippen MR) is 64.4 cm³/mol. The number of aliphatic imine (C=N–C) groups is 1. The number of nitrogens with zero attached hydrogens (tertiary/aromatic N) is 1. The molecule has 2 aliphatic rings. The number of nitrogens with two attached hydrogens (primary N) is 1. The van der Waals surface area contributed by atoms with E-state index in [-0.39, 0.29) is 11.8 Å². The second-order valence-electron chi connectivity index (χ2n) is 4.86. The van der Waals surface area contributed by atoms with E-state index in [0.717, 1.165) is 12.8 Å². The Morgan fingerprint density at radius 3 is 2.53 bits per heavy atom. The van der Waals surface area contributed by atoms with Crippen LogP contribution in [0.1, 0.15) is 44.9 Å².